The third-order valence-electron chi connectivity index (χ3n) is 4.28. The van der Waals surface area contributed by atoms with E-state index in [1.807, 2.05) is 37.3 Å². The number of nitrogen functional groups attached to an aromatic ring is 1. The molecule has 0 radical (unpaired) electrons. The van der Waals surface area contributed by atoms with Crippen LogP contribution in [0.25, 0.3) is 11.4 Å². The number of thioether (sulfide) groups is 1. The van der Waals surface area contributed by atoms with E-state index < -0.39 is 11.9 Å². The number of anilines is 1. The Hall–Kier alpha value is -3.14. The number of alkyl halides is 2. The summed E-state index contributed by atoms with van der Waals surface area (Å²) in [6.07, 6.45) is 0. The predicted octanol–water partition coefficient (Wildman–Crippen LogP) is 3.79. The molecule has 0 fully saturated rings. The van der Waals surface area contributed by atoms with Crippen molar-refractivity contribution in [3.63, 3.8) is 0 Å². The van der Waals surface area contributed by atoms with Gasteiger partial charge in [-0.3, -0.25) is 4.79 Å². The van der Waals surface area contributed by atoms with E-state index in [1.54, 1.807) is 24.0 Å². The maximum atomic E-state index is 12.9. The van der Waals surface area contributed by atoms with Gasteiger partial charge in [0.05, 0.1) is 5.25 Å². The highest BCUT2D eigenvalue weighted by Crippen LogP contribution is 2.28. The van der Waals surface area contributed by atoms with Crippen LogP contribution in [-0.4, -0.2) is 39.2 Å². The van der Waals surface area contributed by atoms with Gasteiger partial charge < -0.3 is 15.5 Å². The zero-order valence-electron chi connectivity index (χ0n) is 16.4. The number of hydrogen-bond donors (Lipinski definition) is 1. The Kier molecular flexibility index (Phi) is 6.88. The van der Waals surface area contributed by atoms with Crippen molar-refractivity contribution in [1.29, 1.82) is 0 Å². The Morgan fingerprint density at radius 3 is 2.43 bits per heavy atom. The van der Waals surface area contributed by atoms with E-state index in [1.165, 1.54) is 28.6 Å². The number of carbonyl (C=O) groups excluding carboxylic acids is 1. The number of carbonyl (C=O) groups is 1. The summed E-state index contributed by atoms with van der Waals surface area (Å²) in [5, 5.41) is 8.05. The van der Waals surface area contributed by atoms with Crippen molar-refractivity contribution < 1.29 is 18.3 Å². The number of para-hydroxylation sites is 1. The largest absolute Gasteiger partial charge is 0.435 e. The lowest BCUT2D eigenvalue weighted by Gasteiger charge is -2.24. The summed E-state index contributed by atoms with van der Waals surface area (Å²) in [4.78, 5) is 14.6. The van der Waals surface area contributed by atoms with Gasteiger partial charge in [-0.15, -0.1) is 10.2 Å². The Balaban J connectivity index is 1.73. The van der Waals surface area contributed by atoms with Crippen LogP contribution in [-0.2, 0) is 4.79 Å². The molecule has 0 saturated heterocycles. The molecule has 3 rings (SSSR count). The molecule has 2 N–H and O–H groups in total. The third-order valence-corrected chi connectivity index (χ3v) is 5.33. The Morgan fingerprint density at radius 1 is 1.17 bits per heavy atom. The number of nitrogens with zero attached hydrogens (tertiary/aromatic N) is 4. The van der Waals surface area contributed by atoms with Gasteiger partial charge in [0.2, 0.25) is 11.1 Å². The molecule has 0 aliphatic carbocycles. The second-order valence-corrected chi connectivity index (χ2v) is 7.57. The van der Waals surface area contributed by atoms with Crippen molar-refractivity contribution in [2.45, 2.75) is 30.9 Å². The molecule has 0 bridgehead atoms. The maximum absolute atomic E-state index is 12.9. The smallest absolute Gasteiger partial charge is 0.387 e. The van der Waals surface area contributed by atoms with E-state index >= 15 is 0 Å². The fourth-order valence-electron chi connectivity index (χ4n) is 2.84. The van der Waals surface area contributed by atoms with E-state index in [2.05, 4.69) is 14.9 Å². The maximum Gasteiger partial charge on any atom is 0.387 e. The van der Waals surface area contributed by atoms with Crippen LogP contribution in [0, 0.1) is 0 Å². The summed E-state index contributed by atoms with van der Waals surface area (Å²) in [5.74, 6) is 6.42. The van der Waals surface area contributed by atoms with Crippen LogP contribution < -0.4 is 15.5 Å². The quantitative estimate of drug-likeness (QED) is 0.430. The van der Waals surface area contributed by atoms with Gasteiger partial charge in [0.25, 0.3) is 0 Å². The Labute approximate surface area is 176 Å². The highest BCUT2D eigenvalue weighted by atomic mass is 32.2. The van der Waals surface area contributed by atoms with E-state index in [0.29, 0.717) is 23.1 Å². The normalized spacial score (nSPS) is 12.0. The number of ether oxygens (including phenoxy) is 1. The Morgan fingerprint density at radius 2 is 1.83 bits per heavy atom. The second-order valence-electron chi connectivity index (χ2n) is 6.26. The van der Waals surface area contributed by atoms with Crippen LogP contribution in [0.3, 0.4) is 0 Å². The molecule has 0 aliphatic rings. The van der Waals surface area contributed by atoms with Crippen LogP contribution in [0.5, 0.6) is 5.75 Å². The van der Waals surface area contributed by atoms with E-state index in [9.17, 15) is 13.6 Å². The lowest BCUT2D eigenvalue weighted by atomic mass is 10.2. The summed E-state index contributed by atoms with van der Waals surface area (Å²) in [6, 6.07) is 15.3. The predicted molar refractivity (Wildman–Crippen MR) is 112 cm³/mol. The molecule has 3 aromatic rings. The summed E-state index contributed by atoms with van der Waals surface area (Å²) < 4.78 is 30.2. The zero-order chi connectivity index (χ0) is 21.7. The van der Waals surface area contributed by atoms with Crippen LogP contribution >= 0.6 is 11.8 Å². The van der Waals surface area contributed by atoms with Crippen molar-refractivity contribution in [1.82, 2.24) is 14.9 Å². The average Bonchev–Trinajstić information content (AvgIpc) is 3.09. The third kappa shape index (κ3) is 4.88. The van der Waals surface area contributed by atoms with Crippen molar-refractivity contribution >= 4 is 23.4 Å². The minimum atomic E-state index is -2.89. The van der Waals surface area contributed by atoms with Crippen LogP contribution in [0.2, 0.25) is 0 Å². The lowest BCUT2D eigenvalue weighted by molar-refractivity contribution is -0.117. The molecule has 0 saturated carbocycles. The highest BCUT2D eigenvalue weighted by Gasteiger charge is 2.24. The number of rotatable bonds is 8. The standard InChI is InChI=1S/C20H21F2N5O2S/c1-3-26(15-7-5-4-6-8-15)18(28)13(2)30-20-25-24-17(27(20)23)14-9-11-16(12-10-14)29-19(21)22/h4-13,19H,3,23H2,1-2H3. The van der Waals surface area contributed by atoms with E-state index in [-0.39, 0.29) is 11.7 Å². The number of hydrogen-bond acceptors (Lipinski definition) is 6. The number of aromatic nitrogens is 3. The number of nitrogens with two attached hydrogens (primary N) is 1. The monoisotopic (exact) mass is 433 g/mol. The number of amides is 1. The van der Waals surface area contributed by atoms with Gasteiger partial charge in [0, 0.05) is 17.8 Å². The molecular weight excluding hydrogens is 412 g/mol. The van der Waals surface area contributed by atoms with Crippen LogP contribution in [0.1, 0.15) is 13.8 Å². The first-order valence-electron chi connectivity index (χ1n) is 9.19. The molecule has 1 heterocycles. The van der Waals surface area contributed by atoms with Crippen molar-refractivity contribution in [3.8, 4) is 17.1 Å². The van der Waals surface area contributed by atoms with Gasteiger partial charge in [0.1, 0.15) is 5.75 Å². The first kappa shape index (κ1) is 21.6. The van der Waals surface area contributed by atoms with Gasteiger partial charge in [-0.05, 0) is 50.2 Å². The molecule has 158 valence electrons. The van der Waals surface area contributed by atoms with E-state index in [0.717, 1.165) is 5.69 Å². The highest BCUT2D eigenvalue weighted by molar-refractivity contribution is 8.00. The van der Waals surface area contributed by atoms with Gasteiger partial charge in [-0.25, -0.2) is 4.68 Å². The first-order valence-corrected chi connectivity index (χ1v) is 10.1. The molecule has 2 aromatic carbocycles. The summed E-state index contributed by atoms with van der Waals surface area (Å²) >= 11 is 1.19. The van der Waals surface area contributed by atoms with Crippen LogP contribution in [0.4, 0.5) is 14.5 Å². The van der Waals surface area contributed by atoms with Crippen molar-refractivity contribution in [3.05, 3.63) is 54.6 Å². The molecule has 1 unspecified atom stereocenters. The lowest BCUT2D eigenvalue weighted by Crippen LogP contribution is -2.36. The fourth-order valence-corrected chi connectivity index (χ4v) is 3.67. The summed E-state index contributed by atoms with van der Waals surface area (Å²) in [5.41, 5.74) is 1.40. The second kappa shape index (κ2) is 9.57. The SMILES string of the molecule is CCN(C(=O)C(C)Sc1nnc(-c2ccc(OC(F)F)cc2)n1N)c1ccccc1. The van der Waals surface area contributed by atoms with Crippen LogP contribution in [0.15, 0.2) is 59.8 Å². The number of halogens is 2. The topological polar surface area (TPSA) is 86.3 Å². The Bertz CT molecular complexity index is 983. The molecule has 10 heteroatoms. The van der Waals surface area contributed by atoms with E-state index in [4.69, 9.17) is 5.84 Å². The molecular formula is C20H21F2N5O2S. The van der Waals surface area contributed by atoms with Crippen molar-refractivity contribution in [2.75, 3.05) is 17.3 Å². The molecule has 0 spiro atoms. The molecule has 7 nitrogen and oxygen atoms in total. The van der Waals surface area contributed by atoms with Gasteiger partial charge in [-0.1, -0.05) is 30.0 Å². The fraction of sp³-hybridized carbons (Fsp3) is 0.250. The molecule has 0 aliphatic heterocycles. The summed E-state index contributed by atoms with van der Waals surface area (Å²) in [7, 11) is 0. The summed E-state index contributed by atoms with van der Waals surface area (Å²) in [6.45, 7) is 1.33. The van der Waals surface area contributed by atoms with Gasteiger partial charge >= 0.3 is 6.61 Å². The van der Waals surface area contributed by atoms with Gasteiger partial charge in [0.15, 0.2) is 5.82 Å². The molecule has 1 atom stereocenters. The molecule has 1 aromatic heterocycles. The van der Waals surface area contributed by atoms with Gasteiger partial charge in [-0.2, -0.15) is 8.78 Å². The average molecular weight is 433 g/mol. The van der Waals surface area contributed by atoms with Crippen molar-refractivity contribution in [2.24, 2.45) is 0 Å². The zero-order valence-corrected chi connectivity index (χ0v) is 17.2. The molecule has 30 heavy (non-hydrogen) atoms. The molecule has 1 amide bonds. The minimum absolute atomic E-state index is 0.0335. The number of benzene rings is 2. The minimum Gasteiger partial charge on any atom is -0.435 e. The first-order chi connectivity index (χ1) is 14.4.